The molecule has 1 N–H and O–H groups in total. The largest absolute Gasteiger partial charge is 0.350 e. The van der Waals surface area contributed by atoms with Gasteiger partial charge in [-0.15, -0.1) is 0 Å². The molecule has 1 fully saturated rings. The van der Waals surface area contributed by atoms with Crippen LogP contribution in [0.5, 0.6) is 0 Å². The number of hydrogen-bond donors (Lipinski definition) is 1. The van der Waals surface area contributed by atoms with E-state index in [1.165, 1.54) is 4.90 Å². The van der Waals surface area contributed by atoms with Crippen molar-refractivity contribution in [3.05, 3.63) is 0 Å². The standard InChI is InChI=1S/C13H22N4O4/c1-6-16-10(19)11(20)17(12(16)21)8-15(5)7-9(18)14-13(2,3)4/h6-8H2,1-5H3,(H,14,18). The van der Waals surface area contributed by atoms with Gasteiger partial charge in [0, 0.05) is 12.1 Å². The molecular weight excluding hydrogens is 276 g/mol. The predicted octanol–water partition coefficient (Wildman–Crippen LogP) is -0.399. The maximum Gasteiger partial charge on any atom is 0.335 e. The molecule has 0 aliphatic carbocycles. The number of imide groups is 2. The third-order valence-electron chi connectivity index (χ3n) is 2.76. The van der Waals surface area contributed by atoms with Crippen LogP contribution in [0.2, 0.25) is 0 Å². The van der Waals surface area contributed by atoms with Gasteiger partial charge < -0.3 is 5.32 Å². The van der Waals surface area contributed by atoms with Crippen LogP contribution in [-0.2, 0) is 14.4 Å². The summed E-state index contributed by atoms with van der Waals surface area (Å²) in [4.78, 5) is 50.2. The first kappa shape index (κ1) is 17.1. The average molecular weight is 298 g/mol. The highest BCUT2D eigenvalue weighted by Crippen LogP contribution is 2.11. The van der Waals surface area contributed by atoms with Crippen LogP contribution in [0.25, 0.3) is 0 Å². The molecule has 118 valence electrons. The molecule has 0 atom stereocenters. The Kier molecular flexibility index (Phi) is 5.06. The minimum Gasteiger partial charge on any atom is -0.350 e. The Morgan fingerprint density at radius 3 is 2.10 bits per heavy atom. The molecule has 0 spiro atoms. The quantitative estimate of drug-likeness (QED) is 0.551. The minimum atomic E-state index is -0.857. The highest BCUT2D eigenvalue weighted by atomic mass is 16.2. The smallest absolute Gasteiger partial charge is 0.335 e. The fourth-order valence-electron chi connectivity index (χ4n) is 1.95. The van der Waals surface area contributed by atoms with Gasteiger partial charge in [-0.3, -0.25) is 24.2 Å². The second-order valence-electron chi connectivity index (χ2n) is 6.02. The summed E-state index contributed by atoms with van der Waals surface area (Å²) >= 11 is 0. The lowest BCUT2D eigenvalue weighted by molar-refractivity contribution is -0.143. The summed E-state index contributed by atoms with van der Waals surface area (Å²) in [5.41, 5.74) is -0.355. The number of amides is 5. The number of carbonyl (C=O) groups is 4. The van der Waals surface area contributed by atoms with E-state index in [0.29, 0.717) is 0 Å². The van der Waals surface area contributed by atoms with E-state index in [0.717, 1.165) is 9.80 Å². The molecule has 21 heavy (non-hydrogen) atoms. The van der Waals surface area contributed by atoms with Crippen molar-refractivity contribution in [1.82, 2.24) is 20.0 Å². The van der Waals surface area contributed by atoms with E-state index >= 15 is 0 Å². The summed E-state index contributed by atoms with van der Waals surface area (Å²) < 4.78 is 0. The predicted molar refractivity (Wildman–Crippen MR) is 75.0 cm³/mol. The molecular formula is C13H22N4O4. The fraction of sp³-hybridized carbons (Fsp3) is 0.692. The van der Waals surface area contributed by atoms with E-state index < -0.39 is 17.8 Å². The van der Waals surface area contributed by atoms with Crippen LogP contribution < -0.4 is 5.32 Å². The second-order valence-corrected chi connectivity index (χ2v) is 6.02. The molecule has 0 radical (unpaired) electrons. The van der Waals surface area contributed by atoms with Gasteiger partial charge in [-0.05, 0) is 34.7 Å². The zero-order chi connectivity index (χ0) is 16.4. The molecule has 0 unspecified atom stereocenters. The molecule has 5 amide bonds. The van der Waals surface area contributed by atoms with Crippen molar-refractivity contribution in [1.29, 1.82) is 0 Å². The number of nitrogens with zero attached hydrogens (tertiary/aromatic N) is 3. The van der Waals surface area contributed by atoms with Crippen molar-refractivity contribution in [3.63, 3.8) is 0 Å². The number of urea groups is 1. The van der Waals surface area contributed by atoms with Crippen molar-refractivity contribution < 1.29 is 19.2 Å². The first-order valence-corrected chi connectivity index (χ1v) is 6.73. The third-order valence-corrected chi connectivity index (χ3v) is 2.76. The maximum absolute atomic E-state index is 11.9. The Balaban J connectivity index is 2.61. The van der Waals surface area contributed by atoms with Crippen molar-refractivity contribution in [2.45, 2.75) is 33.2 Å². The molecule has 1 aliphatic rings. The van der Waals surface area contributed by atoms with Gasteiger partial charge in [-0.2, -0.15) is 0 Å². The molecule has 0 aromatic heterocycles. The van der Waals surface area contributed by atoms with E-state index in [1.807, 2.05) is 20.8 Å². The third kappa shape index (κ3) is 4.25. The first-order valence-electron chi connectivity index (χ1n) is 6.73. The first-order chi connectivity index (χ1) is 9.56. The fourth-order valence-corrected chi connectivity index (χ4v) is 1.95. The van der Waals surface area contributed by atoms with E-state index in [4.69, 9.17) is 0 Å². The van der Waals surface area contributed by atoms with Crippen molar-refractivity contribution >= 4 is 23.8 Å². The summed E-state index contributed by atoms with van der Waals surface area (Å²) in [6.45, 7) is 7.26. The van der Waals surface area contributed by atoms with Crippen molar-refractivity contribution in [2.75, 3.05) is 26.8 Å². The SMILES string of the molecule is CCN1C(=O)C(=O)N(CN(C)CC(=O)NC(C)(C)C)C1=O. The van der Waals surface area contributed by atoms with Crippen LogP contribution in [0.3, 0.4) is 0 Å². The molecule has 0 aromatic rings. The number of nitrogens with one attached hydrogen (secondary N) is 1. The van der Waals surface area contributed by atoms with Crippen LogP contribution in [0.4, 0.5) is 4.79 Å². The van der Waals surface area contributed by atoms with E-state index in [1.54, 1.807) is 14.0 Å². The molecule has 8 heteroatoms. The Morgan fingerprint density at radius 2 is 1.67 bits per heavy atom. The van der Waals surface area contributed by atoms with Crippen LogP contribution in [-0.4, -0.2) is 70.8 Å². The lowest BCUT2D eigenvalue weighted by Crippen LogP contribution is -2.48. The molecule has 8 nitrogen and oxygen atoms in total. The van der Waals surface area contributed by atoms with E-state index in [2.05, 4.69) is 5.32 Å². The molecule has 1 aliphatic heterocycles. The lowest BCUT2D eigenvalue weighted by atomic mass is 10.1. The number of likely N-dealkylation sites (N-methyl/N-ethyl adjacent to an activating group) is 2. The summed E-state index contributed by atoms with van der Waals surface area (Å²) in [7, 11) is 1.60. The monoisotopic (exact) mass is 298 g/mol. The van der Waals surface area contributed by atoms with Crippen LogP contribution in [0.15, 0.2) is 0 Å². The maximum atomic E-state index is 11.9. The van der Waals surface area contributed by atoms with Crippen LogP contribution >= 0.6 is 0 Å². The van der Waals surface area contributed by atoms with Gasteiger partial charge in [0.15, 0.2) is 0 Å². The van der Waals surface area contributed by atoms with E-state index in [-0.39, 0.29) is 31.2 Å². The van der Waals surface area contributed by atoms with Gasteiger partial charge in [0.25, 0.3) is 0 Å². The highest BCUT2D eigenvalue weighted by Gasteiger charge is 2.43. The van der Waals surface area contributed by atoms with Gasteiger partial charge >= 0.3 is 17.8 Å². The van der Waals surface area contributed by atoms with Crippen LogP contribution in [0.1, 0.15) is 27.7 Å². The van der Waals surface area contributed by atoms with Gasteiger partial charge in [-0.25, -0.2) is 9.69 Å². The Labute approximate surface area is 124 Å². The van der Waals surface area contributed by atoms with Gasteiger partial charge in [0.2, 0.25) is 5.91 Å². The van der Waals surface area contributed by atoms with Crippen molar-refractivity contribution in [2.24, 2.45) is 0 Å². The topological polar surface area (TPSA) is 90.0 Å². The number of rotatable bonds is 5. The van der Waals surface area contributed by atoms with E-state index in [9.17, 15) is 19.2 Å². The average Bonchev–Trinajstić information content (AvgIpc) is 2.50. The zero-order valence-electron chi connectivity index (χ0n) is 13.1. The van der Waals surface area contributed by atoms with Crippen molar-refractivity contribution in [3.8, 4) is 0 Å². The van der Waals surface area contributed by atoms with Gasteiger partial charge in [0.1, 0.15) is 0 Å². The minimum absolute atomic E-state index is 0.0225. The Morgan fingerprint density at radius 1 is 1.14 bits per heavy atom. The Hall–Kier alpha value is -1.96. The normalized spacial score (nSPS) is 16.2. The second kappa shape index (κ2) is 6.21. The molecule has 1 heterocycles. The lowest BCUT2D eigenvalue weighted by Gasteiger charge is -2.25. The summed E-state index contributed by atoms with van der Waals surface area (Å²) in [5, 5.41) is 2.78. The van der Waals surface area contributed by atoms with Gasteiger partial charge in [-0.1, -0.05) is 0 Å². The summed E-state index contributed by atoms with van der Waals surface area (Å²) in [6.07, 6.45) is 0. The highest BCUT2D eigenvalue weighted by molar-refractivity contribution is 6.44. The molecule has 1 saturated heterocycles. The zero-order valence-corrected chi connectivity index (χ0v) is 13.1. The molecule has 1 rings (SSSR count). The molecule has 0 saturated carbocycles. The number of hydrogen-bond acceptors (Lipinski definition) is 5. The molecule has 0 bridgehead atoms. The van der Waals surface area contributed by atoms with Crippen LogP contribution in [0, 0.1) is 0 Å². The number of carbonyl (C=O) groups excluding carboxylic acids is 4. The summed E-state index contributed by atoms with van der Waals surface area (Å²) in [5.74, 6) is -1.90. The Bertz CT molecular complexity index is 469. The molecule has 0 aromatic carbocycles. The summed E-state index contributed by atoms with van der Waals surface area (Å²) in [6, 6.07) is -0.643. The van der Waals surface area contributed by atoms with Gasteiger partial charge in [0.05, 0.1) is 13.2 Å².